The van der Waals surface area contributed by atoms with Crippen molar-refractivity contribution in [3.05, 3.63) is 67.5 Å². The summed E-state index contributed by atoms with van der Waals surface area (Å²) in [5.74, 6) is -0.357. The number of thioether (sulfide) groups is 1. The van der Waals surface area contributed by atoms with E-state index in [-0.39, 0.29) is 16.3 Å². The monoisotopic (exact) mass is 465 g/mol. The Kier molecular flexibility index (Phi) is 6.91. The predicted molar refractivity (Wildman–Crippen MR) is 118 cm³/mol. The second kappa shape index (κ2) is 9.41. The molecule has 0 aliphatic carbocycles. The van der Waals surface area contributed by atoms with Crippen molar-refractivity contribution in [2.24, 2.45) is 4.99 Å². The highest BCUT2D eigenvalue weighted by atomic mass is 35.5. The number of nitro groups is 1. The number of carbonyl (C=O) groups is 2. The lowest BCUT2D eigenvalue weighted by molar-refractivity contribution is -0.384. The second-order valence-electron chi connectivity index (χ2n) is 6.04. The number of fused-ring (bicyclic) bond motifs is 1. The van der Waals surface area contributed by atoms with Crippen LogP contribution in [0.5, 0.6) is 0 Å². The van der Waals surface area contributed by atoms with E-state index >= 15 is 0 Å². The molecule has 1 aromatic heterocycles. The molecule has 0 saturated heterocycles. The Labute approximate surface area is 184 Å². The maximum atomic E-state index is 12.8. The van der Waals surface area contributed by atoms with Crippen molar-refractivity contribution < 1.29 is 19.2 Å². The Balaban J connectivity index is 2.14. The maximum Gasteiger partial charge on any atom is 0.337 e. The number of nitro benzene ring substituents is 1. The molecule has 0 fully saturated rings. The highest BCUT2D eigenvalue weighted by Gasteiger charge is 2.17. The van der Waals surface area contributed by atoms with Gasteiger partial charge in [0.2, 0.25) is 0 Å². The van der Waals surface area contributed by atoms with Gasteiger partial charge in [0.15, 0.2) is 4.80 Å². The number of nitrogens with zero attached hydrogens (tertiary/aromatic N) is 3. The molecule has 3 aromatic rings. The van der Waals surface area contributed by atoms with Gasteiger partial charge in [0.1, 0.15) is 0 Å². The van der Waals surface area contributed by atoms with Gasteiger partial charge >= 0.3 is 5.97 Å². The quantitative estimate of drug-likeness (QED) is 0.307. The number of aromatic nitrogens is 1. The van der Waals surface area contributed by atoms with E-state index < -0.39 is 16.8 Å². The minimum Gasteiger partial charge on any atom is -0.465 e. The first-order valence-corrected chi connectivity index (χ1v) is 11.2. The van der Waals surface area contributed by atoms with Gasteiger partial charge in [0.25, 0.3) is 11.6 Å². The van der Waals surface area contributed by atoms with Crippen LogP contribution in [-0.4, -0.2) is 40.5 Å². The average Bonchev–Trinajstić information content (AvgIpc) is 3.07. The Hall–Kier alpha value is -2.69. The predicted octanol–water partition coefficient (Wildman–Crippen LogP) is 4.16. The number of halogens is 1. The number of methoxy groups -OCH3 is 1. The van der Waals surface area contributed by atoms with Crippen molar-refractivity contribution in [1.82, 2.24) is 4.57 Å². The van der Waals surface area contributed by atoms with Crippen LogP contribution in [0.3, 0.4) is 0 Å². The standard InChI is InChI=1S/C19H16ClN3O5S2/c1-28-18(25)11-3-6-15-16(9-11)30-19(22(15)7-8-29-2)21-17(24)13-10-12(23(26)27)4-5-14(13)20/h3-6,9-10H,7-8H2,1-2H3. The maximum absolute atomic E-state index is 12.8. The molecule has 0 saturated carbocycles. The first-order chi connectivity index (χ1) is 14.3. The van der Waals surface area contributed by atoms with Gasteiger partial charge in [0.05, 0.1) is 38.4 Å². The summed E-state index contributed by atoms with van der Waals surface area (Å²) in [6.45, 7) is 0.591. The van der Waals surface area contributed by atoms with E-state index in [1.54, 1.807) is 30.0 Å². The van der Waals surface area contributed by atoms with Gasteiger partial charge in [0, 0.05) is 24.4 Å². The summed E-state index contributed by atoms with van der Waals surface area (Å²) in [5.41, 5.74) is 0.920. The van der Waals surface area contributed by atoms with Crippen LogP contribution < -0.4 is 4.80 Å². The molecule has 8 nitrogen and oxygen atoms in total. The molecular weight excluding hydrogens is 450 g/mol. The lowest BCUT2D eigenvalue weighted by Crippen LogP contribution is -2.18. The second-order valence-corrected chi connectivity index (χ2v) is 8.44. The number of hydrogen-bond acceptors (Lipinski definition) is 7. The van der Waals surface area contributed by atoms with Crippen LogP contribution in [0.1, 0.15) is 20.7 Å². The molecule has 0 N–H and O–H groups in total. The van der Waals surface area contributed by atoms with Gasteiger partial charge in [-0.15, -0.1) is 0 Å². The van der Waals surface area contributed by atoms with E-state index in [0.717, 1.165) is 22.0 Å². The molecule has 0 radical (unpaired) electrons. The lowest BCUT2D eigenvalue weighted by atomic mass is 10.2. The minimum atomic E-state index is -0.679. The Morgan fingerprint density at radius 1 is 1.30 bits per heavy atom. The van der Waals surface area contributed by atoms with Gasteiger partial charge < -0.3 is 9.30 Å². The molecule has 1 heterocycles. The number of hydrogen-bond donors (Lipinski definition) is 0. The molecule has 0 atom stereocenters. The number of esters is 1. The smallest absolute Gasteiger partial charge is 0.337 e. The van der Waals surface area contributed by atoms with Crippen molar-refractivity contribution in [3.8, 4) is 0 Å². The summed E-state index contributed by atoms with van der Waals surface area (Å²) in [6.07, 6.45) is 1.97. The van der Waals surface area contributed by atoms with Crippen LogP contribution in [-0.2, 0) is 11.3 Å². The third kappa shape index (κ3) is 4.55. The number of non-ortho nitro benzene ring substituents is 1. The fraction of sp³-hybridized carbons (Fsp3) is 0.211. The summed E-state index contributed by atoms with van der Waals surface area (Å²) < 4.78 is 7.40. The number of thiazole rings is 1. The summed E-state index contributed by atoms with van der Waals surface area (Å²) in [5, 5.41) is 11.1. The first-order valence-electron chi connectivity index (χ1n) is 8.59. The van der Waals surface area contributed by atoms with Crippen molar-refractivity contribution in [3.63, 3.8) is 0 Å². The van der Waals surface area contributed by atoms with Crippen LogP contribution >= 0.6 is 34.7 Å². The van der Waals surface area contributed by atoms with Crippen LogP contribution in [0.2, 0.25) is 5.02 Å². The highest BCUT2D eigenvalue weighted by Crippen LogP contribution is 2.24. The molecule has 0 unspecified atom stereocenters. The fourth-order valence-electron chi connectivity index (χ4n) is 2.74. The number of benzene rings is 2. The number of rotatable bonds is 6. The van der Waals surface area contributed by atoms with Gasteiger partial charge in [-0.3, -0.25) is 14.9 Å². The first kappa shape index (κ1) is 22.0. The number of amides is 1. The Morgan fingerprint density at radius 3 is 2.73 bits per heavy atom. The van der Waals surface area contributed by atoms with Crippen LogP contribution in [0, 0.1) is 10.1 Å². The zero-order chi connectivity index (χ0) is 21.8. The summed E-state index contributed by atoms with van der Waals surface area (Å²) in [6, 6.07) is 8.76. The molecule has 0 aliphatic heterocycles. The normalized spacial score (nSPS) is 11.6. The summed E-state index contributed by atoms with van der Waals surface area (Å²) >= 11 is 8.95. The Morgan fingerprint density at radius 2 is 2.07 bits per heavy atom. The zero-order valence-electron chi connectivity index (χ0n) is 16.0. The SMILES string of the molecule is COC(=O)c1ccc2c(c1)sc(=NC(=O)c1cc([N+](=O)[O-])ccc1Cl)n2CCSC. The third-order valence-corrected chi connectivity index (χ3v) is 6.17. The van der Waals surface area contributed by atoms with Gasteiger partial charge in [-0.1, -0.05) is 22.9 Å². The molecular formula is C19H16ClN3O5S2. The van der Waals surface area contributed by atoms with E-state index in [9.17, 15) is 19.7 Å². The number of aryl methyl sites for hydroxylation is 1. The van der Waals surface area contributed by atoms with E-state index in [0.29, 0.717) is 16.9 Å². The number of ether oxygens (including phenoxy) is 1. The zero-order valence-corrected chi connectivity index (χ0v) is 18.3. The lowest BCUT2D eigenvalue weighted by Gasteiger charge is -2.05. The highest BCUT2D eigenvalue weighted by molar-refractivity contribution is 7.98. The van der Waals surface area contributed by atoms with Crippen LogP contribution in [0.15, 0.2) is 41.4 Å². The molecule has 30 heavy (non-hydrogen) atoms. The van der Waals surface area contributed by atoms with Gasteiger partial charge in [-0.2, -0.15) is 16.8 Å². The Bertz CT molecular complexity index is 1220. The molecule has 2 aromatic carbocycles. The van der Waals surface area contributed by atoms with Crippen molar-refractivity contribution in [2.75, 3.05) is 19.1 Å². The number of carbonyl (C=O) groups excluding carboxylic acids is 2. The van der Waals surface area contributed by atoms with E-state index in [1.165, 1.54) is 30.6 Å². The molecule has 1 amide bonds. The van der Waals surface area contributed by atoms with Gasteiger partial charge in [-0.05, 0) is 30.5 Å². The van der Waals surface area contributed by atoms with Crippen LogP contribution in [0.4, 0.5) is 5.69 Å². The minimum absolute atomic E-state index is 0.0463. The molecule has 11 heteroatoms. The van der Waals surface area contributed by atoms with Crippen LogP contribution in [0.25, 0.3) is 10.2 Å². The topological polar surface area (TPSA) is 104 Å². The summed E-state index contributed by atoms with van der Waals surface area (Å²) in [4.78, 5) is 39.6. The average molecular weight is 466 g/mol. The van der Waals surface area contributed by atoms with Crippen molar-refractivity contribution in [2.45, 2.75) is 6.54 Å². The third-order valence-electron chi connectivity index (χ3n) is 4.21. The van der Waals surface area contributed by atoms with E-state index in [4.69, 9.17) is 16.3 Å². The summed E-state index contributed by atoms with van der Waals surface area (Å²) in [7, 11) is 1.31. The van der Waals surface area contributed by atoms with Crippen molar-refractivity contribution >= 4 is 62.5 Å². The van der Waals surface area contributed by atoms with E-state index in [1.807, 2.05) is 10.8 Å². The molecule has 156 valence electrons. The van der Waals surface area contributed by atoms with E-state index in [2.05, 4.69) is 4.99 Å². The fourth-order valence-corrected chi connectivity index (χ4v) is 4.40. The molecule has 0 spiro atoms. The van der Waals surface area contributed by atoms with Crippen molar-refractivity contribution in [1.29, 1.82) is 0 Å². The largest absolute Gasteiger partial charge is 0.465 e. The molecule has 0 aliphatic rings. The molecule has 3 rings (SSSR count). The van der Waals surface area contributed by atoms with Gasteiger partial charge in [-0.25, -0.2) is 4.79 Å². The molecule has 0 bridgehead atoms.